The van der Waals surface area contributed by atoms with Gasteiger partial charge in [0.2, 0.25) is 0 Å². The summed E-state index contributed by atoms with van der Waals surface area (Å²) >= 11 is 0. The maximum atomic E-state index is 8.34. The average Bonchev–Trinajstić information content (AvgIpc) is 1.67. The standard InChI is InChI=1S/C6H5N2/c7-4-6(5-8)2-1-3-6/h1H,2-3H2. The van der Waals surface area contributed by atoms with Crippen LogP contribution in [0.1, 0.15) is 12.8 Å². The molecule has 0 spiro atoms. The van der Waals surface area contributed by atoms with Gasteiger partial charge in [-0.05, 0) is 19.3 Å². The quantitative estimate of drug-likeness (QED) is 0.461. The Morgan fingerprint density at radius 3 is 1.75 bits per heavy atom. The van der Waals surface area contributed by atoms with Crippen LogP contribution in [0.5, 0.6) is 0 Å². The van der Waals surface area contributed by atoms with E-state index in [4.69, 9.17) is 10.5 Å². The van der Waals surface area contributed by atoms with Crippen molar-refractivity contribution in [3.05, 3.63) is 6.42 Å². The molecule has 0 unspecified atom stereocenters. The summed E-state index contributed by atoms with van der Waals surface area (Å²) in [5, 5.41) is 16.7. The average molecular weight is 105 g/mol. The highest BCUT2D eigenvalue weighted by molar-refractivity contribution is 5.22. The van der Waals surface area contributed by atoms with Crippen LogP contribution in [0.15, 0.2) is 0 Å². The zero-order valence-corrected chi connectivity index (χ0v) is 4.39. The smallest absolute Gasteiger partial charge is 0.144 e. The van der Waals surface area contributed by atoms with Crippen LogP contribution < -0.4 is 0 Å². The zero-order valence-electron chi connectivity index (χ0n) is 4.39. The zero-order chi connectivity index (χ0) is 6.04. The molecule has 0 N–H and O–H groups in total. The largest absolute Gasteiger partial charge is 0.197 e. The van der Waals surface area contributed by atoms with Crippen molar-refractivity contribution in [3.8, 4) is 12.1 Å². The van der Waals surface area contributed by atoms with Gasteiger partial charge in [0.15, 0.2) is 0 Å². The molecule has 0 saturated heterocycles. The SMILES string of the molecule is N#CC1(C#N)C[CH]C1. The normalized spacial score (nSPS) is 22.2. The summed E-state index contributed by atoms with van der Waals surface area (Å²) in [5.41, 5.74) is -0.639. The Balaban J connectivity index is 2.66. The first-order valence-corrected chi connectivity index (χ1v) is 2.47. The second-order valence-corrected chi connectivity index (χ2v) is 2.00. The van der Waals surface area contributed by atoms with Crippen molar-refractivity contribution in [2.45, 2.75) is 12.8 Å². The lowest BCUT2D eigenvalue weighted by atomic mass is 9.71. The first kappa shape index (κ1) is 5.12. The van der Waals surface area contributed by atoms with Crippen LogP contribution in [0.25, 0.3) is 0 Å². The molecule has 1 saturated carbocycles. The van der Waals surface area contributed by atoms with Gasteiger partial charge in [0.1, 0.15) is 5.41 Å². The van der Waals surface area contributed by atoms with Crippen molar-refractivity contribution >= 4 is 0 Å². The second kappa shape index (κ2) is 1.49. The minimum Gasteiger partial charge on any atom is -0.197 e. The minimum atomic E-state index is -0.639. The lowest BCUT2D eigenvalue weighted by Crippen LogP contribution is -2.25. The maximum Gasteiger partial charge on any atom is 0.144 e. The van der Waals surface area contributed by atoms with Crippen molar-refractivity contribution in [1.82, 2.24) is 0 Å². The van der Waals surface area contributed by atoms with E-state index in [9.17, 15) is 0 Å². The Bertz CT molecular complexity index is 150. The molecule has 0 bridgehead atoms. The maximum absolute atomic E-state index is 8.34. The van der Waals surface area contributed by atoms with Crippen molar-refractivity contribution in [2.75, 3.05) is 0 Å². The molecular weight excluding hydrogens is 100 g/mol. The van der Waals surface area contributed by atoms with Crippen LogP contribution in [0.2, 0.25) is 0 Å². The van der Waals surface area contributed by atoms with E-state index in [1.54, 1.807) is 0 Å². The molecule has 1 fully saturated rings. The van der Waals surface area contributed by atoms with E-state index in [1.807, 2.05) is 18.6 Å². The van der Waals surface area contributed by atoms with Crippen molar-refractivity contribution < 1.29 is 0 Å². The number of hydrogen-bond acceptors (Lipinski definition) is 2. The topological polar surface area (TPSA) is 47.6 Å². The van der Waals surface area contributed by atoms with Gasteiger partial charge in [-0.1, -0.05) is 0 Å². The molecule has 1 aliphatic rings. The van der Waals surface area contributed by atoms with Crippen LogP contribution in [0.3, 0.4) is 0 Å². The number of hydrogen-bond donors (Lipinski definition) is 0. The van der Waals surface area contributed by atoms with Gasteiger partial charge in [0.05, 0.1) is 12.1 Å². The third-order valence-corrected chi connectivity index (χ3v) is 1.41. The first-order chi connectivity index (χ1) is 3.83. The Hall–Kier alpha value is -1.02. The summed E-state index contributed by atoms with van der Waals surface area (Å²) < 4.78 is 0. The van der Waals surface area contributed by atoms with E-state index in [0.29, 0.717) is 12.8 Å². The molecule has 0 aromatic carbocycles. The molecule has 0 aliphatic heterocycles. The molecule has 8 heavy (non-hydrogen) atoms. The lowest BCUT2D eigenvalue weighted by Gasteiger charge is -2.26. The monoisotopic (exact) mass is 105 g/mol. The van der Waals surface area contributed by atoms with E-state index < -0.39 is 5.41 Å². The summed E-state index contributed by atoms with van der Waals surface area (Å²) in [7, 11) is 0. The number of rotatable bonds is 0. The van der Waals surface area contributed by atoms with E-state index in [-0.39, 0.29) is 0 Å². The van der Waals surface area contributed by atoms with Gasteiger partial charge in [0, 0.05) is 0 Å². The van der Waals surface area contributed by atoms with Gasteiger partial charge in [-0.15, -0.1) is 0 Å². The van der Waals surface area contributed by atoms with E-state index >= 15 is 0 Å². The summed E-state index contributed by atoms with van der Waals surface area (Å²) in [5.74, 6) is 0. The molecule has 2 nitrogen and oxygen atoms in total. The van der Waals surface area contributed by atoms with E-state index in [1.165, 1.54) is 0 Å². The highest BCUT2D eigenvalue weighted by Gasteiger charge is 2.37. The fourth-order valence-electron chi connectivity index (χ4n) is 0.641. The Labute approximate surface area is 48.3 Å². The van der Waals surface area contributed by atoms with Crippen LogP contribution >= 0.6 is 0 Å². The summed E-state index contributed by atoms with van der Waals surface area (Å²) in [6, 6.07) is 3.94. The van der Waals surface area contributed by atoms with Gasteiger partial charge < -0.3 is 0 Å². The lowest BCUT2D eigenvalue weighted by molar-refractivity contribution is 0.396. The Morgan fingerprint density at radius 2 is 1.75 bits per heavy atom. The van der Waals surface area contributed by atoms with E-state index in [2.05, 4.69) is 0 Å². The first-order valence-electron chi connectivity index (χ1n) is 2.47. The summed E-state index contributed by atoms with van der Waals surface area (Å²) in [6.07, 6.45) is 3.26. The van der Waals surface area contributed by atoms with Gasteiger partial charge in [-0.2, -0.15) is 10.5 Å². The molecule has 0 amide bonds. The minimum absolute atomic E-state index is 0.639. The molecule has 39 valence electrons. The highest BCUT2D eigenvalue weighted by Crippen LogP contribution is 2.38. The van der Waals surface area contributed by atoms with Crippen LogP contribution in [-0.4, -0.2) is 0 Å². The Kier molecular flexibility index (Phi) is 0.954. The summed E-state index contributed by atoms with van der Waals surface area (Å²) in [4.78, 5) is 0. The molecule has 1 radical (unpaired) electrons. The summed E-state index contributed by atoms with van der Waals surface area (Å²) in [6.45, 7) is 0. The van der Waals surface area contributed by atoms with Gasteiger partial charge >= 0.3 is 0 Å². The molecule has 0 heterocycles. The van der Waals surface area contributed by atoms with Crippen LogP contribution in [0.4, 0.5) is 0 Å². The molecule has 0 atom stereocenters. The molecule has 0 aromatic rings. The van der Waals surface area contributed by atoms with Gasteiger partial charge in [-0.25, -0.2) is 0 Å². The van der Waals surface area contributed by atoms with Crippen LogP contribution in [-0.2, 0) is 0 Å². The van der Waals surface area contributed by atoms with Gasteiger partial charge in [-0.3, -0.25) is 0 Å². The Morgan fingerprint density at radius 1 is 1.25 bits per heavy atom. The molecule has 2 heteroatoms. The van der Waals surface area contributed by atoms with Crippen LogP contribution in [0, 0.1) is 34.5 Å². The highest BCUT2D eigenvalue weighted by atomic mass is 14.5. The van der Waals surface area contributed by atoms with Crippen molar-refractivity contribution in [2.24, 2.45) is 5.41 Å². The molecule has 0 aromatic heterocycles. The van der Waals surface area contributed by atoms with Crippen molar-refractivity contribution in [3.63, 3.8) is 0 Å². The molecule has 1 aliphatic carbocycles. The predicted octanol–water partition coefficient (Wildman–Crippen LogP) is 1.02. The number of nitrogens with zero attached hydrogens (tertiary/aromatic N) is 2. The predicted molar refractivity (Wildman–Crippen MR) is 27.2 cm³/mol. The third kappa shape index (κ3) is 0.468. The molecular formula is C6H5N2. The third-order valence-electron chi connectivity index (χ3n) is 1.41. The second-order valence-electron chi connectivity index (χ2n) is 2.00. The van der Waals surface area contributed by atoms with E-state index in [0.717, 1.165) is 0 Å². The number of nitriles is 2. The van der Waals surface area contributed by atoms with Gasteiger partial charge in [0.25, 0.3) is 0 Å². The fourth-order valence-corrected chi connectivity index (χ4v) is 0.641. The fraction of sp³-hybridized carbons (Fsp3) is 0.500. The van der Waals surface area contributed by atoms with Crippen molar-refractivity contribution in [1.29, 1.82) is 10.5 Å². The molecule has 1 rings (SSSR count).